The number of piperazine rings is 1. The first-order valence-corrected chi connectivity index (χ1v) is 14.1. The number of primary amides is 1. The molecule has 5 rings (SSSR count). The van der Waals surface area contributed by atoms with Gasteiger partial charge in [-0.2, -0.15) is 0 Å². The van der Waals surface area contributed by atoms with E-state index >= 15 is 0 Å². The predicted molar refractivity (Wildman–Crippen MR) is 156 cm³/mol. The van der Waals surface area contributed by atoms with Crippen molar-refractivity contribution in [2.75, 3.05) is 57.3 Å². The number of carbonyl (C=O) groups is 2. The lowest BCUT2D eigenvalue weighted by atomic mass is 9.62. The van der Waals surface area contributed by atoms with Crippen molar-refractivity contribution < 1.29 is 9.59 Å². The van der Waals surface area contributed by atoms with E-state index in [1.807, 2.05) is 60.7 Å². The molecule has 1 atom stereocenters. The van der Waals surface area contributed by atoms with Crippen LogP contribution in [0.2, 0.25) is 0 Å². The van der Waals surface area contributed by atoms with E-state index in [1.165, 1.54) is 5.69 Å². The first-order valence-electron chi connectivity index (χ1n) is 14.1. The molecule has 0 bridgehead atoms. The molecule has 7 nitrogen and oxygen atoms in total. The molecule has 4 N–H and O–H groups in total. The quantitative estimate of drug-likeness (QED) is 0.400. The number of nitrogens with zero attached hydrogens (tertiary/aromatic N) is 2. The molecule has 2 amide bonds. The van der Waals surface area contributed by atoms with E-state index in [0.29, 0.717) is 12.1 Å². The van der Waals surface area contributed by atoms with Crippen molar-refractivity contribution in [2.45, 2.75) is 18.3 Å². The summed E-state index contributed by atoms with van der Waals surface area (Å²) >= 11 is 0. The van der Waals surface area contributed by atoms with E-state index in [1.54, 1.807) is 0 Å². The number of amides is 2. The van der Waals surface area contributed by atoms with Gasteiger partial charge < -0.3 is 21.3 Å². The van der Waals surface area contributed by atoms with Crippen molar-refractivity contribution in [3.8, 4) is 0 Å². The number of rotatable bonds is 9. The number of hydrogen-bond donors (Lipinski definition) is 3. The minimum Gasteiger partial charge on any atom is -0.369 e. The zero-order chi connectivity index (χ0) is 27.1. The average Bonchev–Trinajstić information content (AvgIpc) is 2.99. The van der Waals surface area contributed by atoms with Crippen molar-refractivity contribution in [2.24, 2.45) is 11.7 Å². The van der Waals surface area contributed by atoms with Crippen LogP contribution >= 0.6 is 0 Å². The maximum absolute atomic E-state index is 13.2. The molecule has 3 aromatic rings. The molecule has 3 aromatic carbocycles. The monoisotopic (exact) mass is 525 g/mol. The Morgan fingerprint density at radius 3 is 2.03 bits per heavy atom. The Balaban J connectivity index is 1.22. The van der Waals surface area contributed by atoms with Crippen molar-refractivity contribution in [1.29, 1.82) is 0 Å². The third-order valence-electron chi connectivity index (χ3n) is 8.38. The van der Waals surface area contributed by atoms with Gasteiger partial charge >= 0.3 is 0 Å². The summed E-state index contributed by atoms with van der Waals surface area (Å²) in [6.45, 7) is 7.05. The molecule has 0 spiro atoms. The van der Waals surface area contributed by atoms with Crippen LogP contribution in [0.4, 0.5) is 5.69 Å². The lowest BCUT2D eigenvalue weighted by Gasteiger charge is -2.41. The van der Waals surface area contributed by atoms with Crippen molar-refractivity contribution in [1.82, 2.24) is 15.5 Å². The molecule has 0 aromatic heterocycles. The number of nitrogens with two attached hydrogens (primary N) is 1. The molecule has 2 heterocycles. The molecule has 1 unspecified atom stereocenters. The normalized spacial score (nSPS) is 18.3. The van der Waals surface area contributed by atoms with Crippen LogP contribution < -0.4 is 21.3 Å². The molecular weight excluding hydrogens is 486 g/mol. The molecule has 2 saturated heterocycles. The highest BCUT2D eigenvalue weighted by Crippen LogP contribution is 2.43. The fourth-order valence-corrected chi connectivity index (χ4v) is 6.26. The van der Waals surface area contributed by atoms with Gasteiger partial charge in [-0.1, -0.05) is 60.7 Å². The van der Waals surface area contributed by atoms with E-state index in [9.17, 15) is 9.59 Å². The summed E-state index contributed by atoms with van der Waals surface area (Å²) in [5.74, 6) is -0.360. The molecular formula is C32H39N5O2. The number of carbonyl (C=O) groups excluding carboxylic acids is 2. The number of hydrogen-bond acceptors (Lipinski definition) is 5. The summed E-state index contributed by atoms with van der Waals surface area (Å²) in [7, 11) is 0. The van der Waals surface area contributed by atoms with E-state index < -0.39 is 5.41 Å². The lowest BCUT2D eigenvalue weighted by molar-refractivity contribution is -0.124. The fraction of sp³-hybridized carbons (Fsp3) is 0.375. The summed E-state index contributed by atoms with van der Waals surface area (Å²) < 4.78 is 0. The number of anilines is 1. The van der Waals surface area contributed by atoms with Gasteiger partial charge in [-0.25, -0.2) is 0 Å². The maximum Gasteiger partial charge on any atom is 0.251 e. The molecule has 0 radical (unpaired) electrons. The molecule has 2 fully saturated rings. The van der Waals surface area contributed by atoms with Crippen molar-refractivity contribution in [3.05, 3.63) is 102 Å². The summed E-state index contributed by atoms with van der Waals surface area (Å²) in [5.41, 5.74) is 8.88. The Kier molecular flexibility index (Phi) is 8.59. The second kappa shape index (κ2) is 12.5. The molecule has 0 aliphatic carbocycles. The van der Waals surface area contributed by atoms with Gasteiger partial charge in [-0.05, 0) is 67.2 Å². The van der Waals surface area contributed by atoms with E-state index in [0.717, 1.165) is 69.8 Å². The van der Waals surface area contributed by atoms with Gasteiger partial charge in [0.2, 0.25) is 5.91 Å². The van der Waals surface area contributed by atoms with Crippen LogP contribution in [-0.4, -0.2) is 69.1 Å². The van der Waals surface area contributed by atoms with Crippen LogP contribution in [0.25, 0.3) is 0 Å². The van der Waals surface area contributed by atoms with Crippen molar-refractivity contribution >= 4 is 17.5 Å². The zero-order valence-electron chi connectivity index (χ0n) is 22.5. The Bertz CT molecular complexity index is 1220. The van der Waals surface area contributed by atoms with Gasteiger partial charge in [0, 0.05) is 50.5 Å². The van der Waals surface area contributed by atoms with Crippen LogP contribution in [0.3, 0.4) is 0 Å². The zero-order valence-corrected chi connectivity index (χ0v) is 22.5. The summed E-state index contributed by atoms with van der Waals surface area (Å²) in [5, 5.41) is 6.47. The van der Waals surface area contributed by atoms with Gasteiger partial charge in [0.25, 0.3) is 5.91 Å². The SMILES string of the molecule is NC(=O)C(c1ccccc1)(c1ccc(C(=O)NCCN2CCN(c3ccccc3)CC2)cc1)C1CCNCC1. The number of nitrogens with one attached hydrogen (secondary N) is 2. The minimum atomic E-state index is -0.930. The number of benzene rings is 3. The average molecular weight is 526 g/mol. The topological polar surface area (TPSA) is 90.7 Å². The Morgan fingerprint density at radius 1 is 0.821 bits per heavy atom. The van der Waals surface area contributed by atoms with Gasteiger partial charge in [-0.15, -0.1) is 0 Å². The van der Waals surface area contributed by atoms with Crippen LogP contribution in [0.5, 0.6) is 0 Å². The second-order valence-electron chi connectivity index (χ2n) is 10.6. The van der Waals surface area contributed by atoms with E-state index in [2.05, 4.69) is 44.7 Å². The smallest absolute Gasteiger partial charge is 0.251 e. The minimum absolute atomic E-state index is 0.0840. The van der Waals surface area contributed by atoms with E-state index in [4.69, 9.17) is 5.73 Å². The second-order valence-corrected chi connectivity index (χ2v) is 10.6. The van der Waals surface area contributed by atoms with Crippen molar-refractivity contribution in [3.63, 3.8) is 0 Å². The predicted octanol–water partition coefficient (Wildman–Crippen LogP) is 3.01. The van der Waals surface area contributed by atoms with Crippen LogP contribution in [-0.2, 0) is 10.2 Å². The largest absolute Gasteiger partial charge is 0.369 e. The third kappa shape index (κ3) is 5.84. The summed E-state index contributed by atoms with van der Waals surface area (Å²) in [4.78, 5) is 31.0. The number of piperidine rings is 1. The molecule has 0 saturated carbocycles. The highest BCUT2D eigenvalue weighted by atomic mass is 16.2. The first kappa shape index (κ1) is 26.9. The van der Waals surface area contributed by atoms with Crippen LogP contribution in [0.15, 0.2) is 84.9 Å². The maximum atomic E-state index is 13.2. The van der Waals surface area contributed by atoms with Crippen LogP contribution in [0, 0.1) is 5.92 Å². The molecule has 2 aliphatic rings. The first-order chi connectivity index (χ1) is 19.1. The highest BCUT2D eigenvalue weighted by molar-refractivity contribution is 5.95. The number of para-hydroxylation sites is 1. The van der Waals surface area contributed by atoms with Gasteiger partial charge in [0.1, 0.15) is 5.41 Å². The highest BCUT2D eigenvalue weighted by Gasteiger charge is 2.47. The Labute approximate surface area is 231 Å². The van der Waals surface area contributed by atoms with E-state index in [-0.39, 0.29) is 17.7 Å². The summed E-state index contributed by atoms with van der Waals surface area (Å²) in [6, 6.07) is 27.8. The Morgan fingerprint density at radius 2 is 1.41 bits per heavy atom. The fourth-order valence-electron chi connectivity index (χ4n) is 6.26. The van der Waals surface area contributed by atoms with Gasteiger partial charge in [0.05, 0.1) is 0 Å². The van der Waals surface area contributed by atoms with Gasteiger partial charge in [0.15, 0.2) is 0 Å². The lowest BCUT2D eigenvalue weighted by Crippen LogP contribution is -2.51. The molecule has 7 heteroatoms. The van der Waals surface area contributed by atoms with Gasteiger partial charge in [-0.3, -0.25) is 14.5 Å². The van der Waals surface area contributed by atoms with Crippen LogP contribution in [0.1, 0.15) is 34.3 Å². The Hall–Kier alpha value is -3.68. The molecule has 2 aliphatic heterocycles. The summed E-state index contributed by atoms with van der Waals surface area (Å²) in [6.07, 6.45) is 1.72. The third-order valence-corrected chi connectivity index (χ3v) is 8.38. The molecule has 39 heavy (non-hydrogen) atoms. The standard InChI is InChI=1S/C32H39N5O2/c33-31(39)32(26-7-3-1-4-8-26,28-15-17-34-18-16-28)27-13-11-25(12-14-27)30(38)35-19-20-36-21-23-37(24-22-36)29-9-5-2-6-10-29/h1-14,28,34H,15-24H2,(H2,33,39)(H,35,38). The molecule has 204 valence electrons.